The number of carbonyl (C=O) groups is 1. The van der Waals surface area contributed by atoms with Gasteiger partial charge in [-0.25, -0.2) is 0 Å². The van der Waals surface area contributed by atoms with E-state index in [2.05, 4.69) is 30.9 Å². The maximum absolute atomic E-state index is 11.3. The molecule has 1 aromatic carbocycles. The zero-order valence-electron chi connectivity index (χ0n) is 13.8. The highest BCUT2D eigenvalue weighted by Gasteiger charge is 2.40. The molecule has 22 heavy (non-hydrogen) atoms. The van der Waals surface area contributed by atoms with Gasteiger partial charge in [-0.05, 0) is 49.9 Å². The monoisotopic (exact) mass is 305 g/mol. The van der Waals surface area contributed by atoms with Gasteiger partial charge in [-0.1, -0.05) is 26.0 Å². The summed E-state index contributed by atoms with van der Waals surface area (Å²) in [6, 6.07) is 8.15. The smallest absolute Gasteiger partial charge is 0.310 e. The van der Waals surface area contributed by atoms with Crippen LogP contribution in [-0.2, 0) is 11.3 Å². The van der Waals surface area contributed by atoms with Gasteiger partial charge in [0.05, 0.1) is 12.0 Å². The first-order chi connectivity index (χ1) is 10.4. The van der Waals surface area contributed by atoms with Gasteiger partial charge in [0.25, 0.3) is 0 Å². The van der Waals surface area contributed by atoms with Gasteiger partial charge >= 0.3 is 5.97 Å². The minimum atomic E-state index is -0.691. The van der Waals surface area contributed by atoms with Gasteiger partial charge in [0.15, 0.2) is 0 Å². The highest BCUT2D eigenvalue weighted by atomic mass is 16.5. The topological polar surface area (TPSA) is 49.8 Å². The molecule has 0 amide bonds. The summed E-state index contributed by atoms with van der Waals surface area (Å²) in [4.78, 5) is 13.5. The van der Waals surface area contributed by atoms with Crippen LogP contribution in [0.2, 0.25) is 0 Å². The average Bonchev–Trinajstić information content (AvgIpc) is 2.83. The number of hydrogen-bond donors (Lipinski definition) is 1. The van der Waals surface area contributed by atoms with Crippen LogP contribution in [0.4, 0.5) is 0 Å². The Balaban J connectivity index is 1.83. The number of benzene rings is 1. The lowest BCUT2D eigenvalue weighted by molar-refractivity contribution is -0.147. The van der Waals surface area contributed by atoms with Gasteiger partial charge < -0.3 is 9.84 Å². The van der Waals surface area contributed by atoms with Crippen LogP contribution in [0.3, 0.4) is 0 Å². The molecule has 0 aromatic heterocycles. The first-order valence-corrected chi connectivity index (χ1v) is 8.06. The van der Waals surface area contributed by atoms with Crippen LogP contribution in [0, 0.1) is 11.3 Å². The second kappa shape index (κ2) is 7.14. The summed E-state index contributed by atoms with van der Waals surface area (Å²) >= 11 is 0. The van der Waals surface area contributed by atoms with Crippen LogP contribution in [0.15, 0.2) is 24.3 Å². The van der Waals surface area contributed by atoms with Crippen molar-refractivity contribution in [1.29, 1.82) is 0 Å². The molecule has 1 saturated heterocycles. The molecular formula is C18H27NO3. The number of hydrogen-bond acceptors (Lipinski definition) is 3. The fraction of sp³-hybridized carbons (Fsp3) is 0.611. The molecule has 1 aliphatic rings. The summed E-state index contributed by atoms with van der Waals surface area (Å²) in [7, 11) is 0. The van der Waals surface area contributed by atoms with Crippen LogP contribution >= 0.6 is 0 Å². The van der Waals surface area contributed by atoms with Crippen molar-refractivity contribution in [3.05, 3.63) is 29.8 Å². The van der Waals surface area contributed by atoms with E-state index in [-0.39, 0.29) is 0 Å². The third-order valence-electron chi connectivity index (χ3n) is 4.36. The molecule has 2 rings (SSSR count). The van der Waals surface area contributed by atoms with Gasteiger partial charge in [-0.3, -0.25) is 9.69 Å². The second-order valence-electron chi connectivity index (χ2n) is 7.00. The summed E-state index contributed by atoms with van der Waals surface area (Å²) in [6.45, 7) is 9.22. The van der Waals surface area contributed by atoms with Gasteiger partial charge in [0.1, 0.15) is 5.75 Å². The standard InChI is InChI=1S/C18H27NO3/c1-14(2)8-11-22-16-6-4-15(5-7-16)12-19-10-9-18(3,13-19)17(20)21/h4-7,14H,8-13H2,1-3H3,(H,20,21). The van der Waals surface area contributed by atoms with E-state index in [0.717, 1.165) is 38.3 Å². The van der Waals surface area contributed by atoms with Crippen LogP contribution in [0.1, 0.15) is 39.2 Å². The Hall–Kier alpha value is -1.55. The Morgan fingerprint density at radius 3 is 2.59 bits per heavy atom. The minimum absolute atomic E-state index is 0.597. The molecule has 1 atom stereocenters. The van der Waals surface area contributed by atoms with Gasteiger partial charge in [-0.2, -0.15) is 0 Å². The molecule has 1 N–H and O–H groups in total. The van der Waals surface area contributed by atoms with E-state index in [1.54, 1.807) is 0 Å². The Bertz CT molecular complexity index is 498. The van der Waals surface area contributed by atoms with Crippen molar-refractivity contribution in [2.24, 2.45) is 11.3 Å². The van der Waals surface area contributed by atoms with E-state index < -0.39 is 11.4 Å². The van der Waals surface area contributed by atoms with E-state index in [0.29, 0.717) is 12.5 Å². The second-order valence-corrected chi connectivity index (χ2v) is 7.00. The molecule has 1 aromatic rings. The molecule has 4 nitrogen and oxygen atoms in total. The zero-order chi connectivity index (χ0) is 16.2. The molecule has 1 fully saturated rings. The summed E-state index contributed by atoms with van der Waals surface area (Å²) in [5.41, 5.74) is 0.603. The molecule has 0 bridgehead atoms. The Morgan fingerprint density at radius 2 is 2.05 bits per heavy atom. The zero-order valence-corrected chi connectivity index (χ0v) is 13.8. The van der Waals surface area contributed by atoms with Crippen LogP contribution in [-0.4, -0.2) is 35.7 Å². The number of carboxylic acid groups (broad SMARTS) is 1. The van der Waals surface area contributed by atoms with Crippen LogP contribution < -0.4 is 4.74 Å². The molecule has 1 heterocycles. The van der Waals surface area contributed by atoms with Crippen molar-refractivity contribution < 1.29 is 14.6 Å². The maximum atomic E-state index is 11.3. The predicted molar refractivity (Wildman–Crippen MR) is 87.0 cm³/mol. The van der Waals surface area contributed by atoms with Crippen LogP contribution in [0.5, 0.6) is 5.75 Å². The third kappa shape index (κ3) is 4.47. The lowest BCUT2D eigenvalue weighted by atomic mass is 9.90. The van der Waals surface area contributed by atoms with E-state index in [1.807, 2.05) is 19.1 Å². The number of ether oxygens (including phenoxy) is 1. The summed E-state index contributed by atoms with van der Waals surface area (Å²) in [5.74, 6) is 0.864. The average molecular weight is 305 g/mol. The van der Waals surface area contributed by atoms with E-state index in [1.165, 1.54) is 5.56 Å². The van der Waals surface area contributed by atoms with Gasteiger partial charge in [-0.15, -0.1) is 0 Å². The fourth-order valence-corrected chi connectivity index (χ4v) is 2.73. The van der Waals surface area contributed by atoms with Crippen LogP contribution in [0.25, 0.3) is 0 Å². The Kier molecular flexibility index (Phi) is 5.46. The highest BCUT2D eigenvalue weighted by Crippen LogP contribution is 2.31. The normalized spacial score (nSPS) is 22.2. The SMILES string of the molecule is CC(C)CCOc1ccc(CN2CCC(C)(C(=O)O)C2)cc1. The minimum Gasteiger partial charge on any atom is -0.494 e. The fourth-order valence-electron chi connectivity index (χ4n) is 2.73. The van der Waals surface area contributed by atoms with Crippen molar-refractivity contribution in [3.63, 3.8) is 0 Å². The maximum Gasteiger partial charge on any atom is 0.310 e. The van der Waals surface area contributed by atoms with E-state index in [4.69, 9.17) is 4.74 Å². The predicted octanol–water partition coefficient (Wildman–Crippen LogP) is 3.41. The number of aliphatic carboxylic acids is 1. The van der Waals surface area contributed by atoms with Crippen molar-refractivity contribution in [2.75, 3.05) is 19.7 Å². The first kappa shape index (κ1) is 16.8. The Labute approximate surface area is 133 Å². The Morgan fingerprint density at radius 1 is 1.36 bits per heavy atom. The largest absolute Gasteiger partial charge is 0.494 e. The summed E-state index contributed by atoms with van der Waals surface area (Å²) in [6.07, 6.45) is 1.78. The highest BCUT2D eigenvalue weighted by molar-refractivity contribution is 5.74. The van der Waals surface area contributed by atoms with Crippen molar-refractivity contribution >= 4 is 5.97 Å². The molecule has 0 radical (unpaired) electrons. The number of carboxylic acids is 1. The molecule has 0 aliphatic carbocycles. The van der Waals surface area contributed by atoms with Crippen molar-refractivity contribution in [2.45, 2.75) is 40.2 Å². The van der Waals surface area contributed by atoms with E-state index >= 15 is 0 Å². The lowest BCUT2D eigenvalue weighted by Crippen LogP contribution is -2.31. The number of nitrogens with zero attached hydrogens (tertiary/aromatic N) is 1. The van der Waals surface area contributed by atoms with Crippen molar-refractivity contribution in [1.82, 2.24) is 4.90 Å². The molecule has 1 unspecified atom stereocenters. The summed E-state index contributed by atoms with van der Waals surface area (Å²) in [5, 5.41) is 9.27. The quantitative estimate of drug-likeness (QED) is 0.838. The molecule has 0 saturated carbocycles. The number of rotatable bonds is 7. The lowest BCUT2D eigenvalue weighted by Gasteiger charge is -2.20. The molecular weight excluding hydrogens is 278 g/mol. The number of likely N-dealkylation sites (tertiary alicyclic amines) is 1. The summed E-state index contributed by atoms with van der Waals surface area (Å²) < 4.78 is 5.72. The molecule has 122 valence electrons. The van der Waals surface area contributed by atoms with Gasteiger partial charge in [0, 0.05) is 13.1 Å². The molecule has 0 spiro atoms. The molecule has 1 aliphatic heterocycles. The van der Waals surface area contributed by atoms with Gasteiger partial charge in [0.2, 0.25) is 0 Å². The van der Waals surface area contributed by atoms with Crippen molar-refractivity contribution in [3.8, 4) is 5.75 Å². The third-order valence-corrected chi connectivity index (χ3v) is 4.36. The van der Waals surface area contributed by atoms with E-state index in [9.17, 15) is 9.90 Å². The first-order valence-electron chi connectivity index (χ1n) is 8.06. The molecule has 4 heteroatoms.